The number of nitrogens with zero attached hydrogens (tertiary/aromatic N) is 1. The summed E-state index contributed by atoms with van der Waals surface area (Å²) < 4.78 is 87.2. The average molecular weight is 371 g/mol. The summed E-state index contributed by atoms with van der Waals surface area (Å²) in [6, 6.07) is 0. The molecule has 0 aliphatic heterocycles. The molecule has 0 aromatic rings. The number of carboxylic acids is 1. The number of carbonyl (C=O) groups is 2. The van der Waals surface area contributed by atoms with Crippen molar-refractivity contribution in [3.8, 4) is 0 Å². The smallest absolute Gasteiger partial charge is 0.460 e. The molecule has 0 rings (SSSR count). The molecule has 0 unspecified atom stereocenters. The number of aliphatic carboxylic acids is 1. The van der Waals surface area contributed by atoms with E-state index in [1.165, 1.54) is 5.32 Å². The quantitative estimate of drug-likeness (QED) is 0.370. The summed E-state index contributed by atoms with van der Waals surface area (Å²) in [5, 5.41) is 9.88. The van der Waals surface area contributed by atoms with Gasteiger partial charge >= 0.3 is 24.0 Å². The van der Waals surface area contributed by atoms with Crippen molar-refractivity contribution < 1.29 is 49.9 Å². The predicted octanol–water partition coefficient (Wildman–Crippen LogP) is 1.88. The zero-order valence-corrected chi connectivity index (χ0v) is 12.9. The van der Waals surface area contributed by atoms with Gasteiger partial charge in [-0.2, -0.15) is 30.7 Å². The first-order valence-corrected chi connectivity index (χ1v) is 6.69. The van der Waals surface area contributed by atoms with Gasteiger partial charge in [0.2, 0.25) is 0 Å². The maximum Gasteiger partial charge on any atom is 0.460 e. The average Bonchev–Trinajstić information content (AvgIpc) is 2.39. The first kappa shape index (κ1) is 22.4. The molecule has 0 saturated heterocycles. The summed E-state index contributed by atoms with van der Waals surface area (Å²) in [5.41, 5.74) is 0. The third-order valence-corrected chi connectivity index (χ3v) is 3.19. The minimum Gasteiger partial charge on any atom is -0.481 e. The zero-order chi connectivity index (χ0) is 19.4. The van der Waals surface area contributed by atoms with E-state index in [9.17, 15) is 40.3 Å². The molecule has 0 atom stereocenters. The number of halogens is 7. The van der Waals surface area contributed by atoms with Gasteiger partial charge in [0.25, 0.3) is 5.91 Å². The van der Waals surface area contributed by atoms with Crippen molar-refractivity contribution in [1.29, 1.82) is 0 Å². The number of nitrogens with one attached hydrogen (secondary N) is 1. The van der Waals surface area contributed by atoms with Crippen LogP contribution in [0.1, 0.15) is 12.8 Å². The third-order valence-electron chi connectivity index (χ3n) is 3.19. The second-order valence-corrected chi connectivity index (χ2v) is 5.78. The number of hydrogen-bond acceptors (Lipinski definition) is 2. The highest BCUT2D eigenvalue weighted by Gasteiger charge is 2.76. The molecule has 0 aromatic heterocycles. The van der Waals surface area contributed by atoms with Crippen LogP contribution >= 0.6 is 0 Å². The van der Waals surface area contributed by atoms with E-state index in [0.717, 1.165) is 0 Å². The minimum atomic E-state index is -6.57. The Balaban J connectivity index is 4.52. The van der Waals surface area contributed by atoms with Gasteiger partial charge in [0, 0.05) is 13.0 Å². The molecule has 12 heteroatoms. The lowest BCUT2D eigenvalue weighted by Gasteiger charge is -2.29. The predicted molar refractivity (Wildman–Crippen MR) is 67.7 cm³/mol. The van der Waals surface area contributed by atoms with Crippen LogP contribution in [-0.4, -0.2) is 73.2 Å². The van der Waals surface area contributed by atoms with Crippen LogP contribution in [0.5, 0.6) is 0 Å². The summed E-state index contributed by atoms with van der Waals surface area (Å²) in [4.78, 5) is 21.4. The Labute approximate surface area is 133 Å². The Morgan fingerprint density at radius 3 is 1.92 bits per heavy atom. The standard InChI is InChI=1S/C12H17F7N2O3/c1-21(2,7-4-8(22)23)6-3-5-20-9(24)10(13,14)11(15,16)12(17,18)19/h3-7H2,1-2H3,(H-,20,22,23,24)/p+1. The summed E-state index contributed by atoms with van der Waals surface area (Å²) >= 11 is 0. The summed E-state index contributed by atoms with van der Waals surface area (Å²) in [6.07, 6.45) is -6.76. The lowest BCUT2D eigenvalue weighted by atomic mass is 10.1. The van der Waals surface area contributed by atoms with Crippen molar-refractivity contribution in [2.45, 2.75) is 30.9 Å². The normalized spacial score (nSPS) is 13.7. The van der Waals surface area contributed by atoms with Crippen LogP contribution in [0.4, 0.5) is 30.7 Å². The molecule has 0 heterocycles. The summed E-state index contributed by atoms with van der Waals surface area (Å²) in [5.74, 6) is -16.2. The highest BCUT2D eigenvalue weighted by Crippen LogP contribution is 2.46. The van der Waals surface area contributed by atoms with E-state index >= 15 is 0 Å². The fourth-order valence-corrected chi connectivity index (χ4v) is 1.65. The Morgan fingerprint density at radius 1 is 1.00 bits per heavy atom. The van der Waals surface area contributed by atoms with Gasteiger partial charge in [-0.1, -0.05) is 0 Å². The molecule has 24 heavy (non-hydrogen) atoms. The van der Waals surface area contributed by atoms with Crippen molar-refractivity contribution in [1.82, 2.24) is 5.32 Å². The first-order chi connectivity index (χ1) is 10.5. The zero-order valence-electron chi connectivity index (χ0n) is 12.9. The number of carbonyl (C=O) groups excluding carboxylic acids is 1. The minimum absolute atomic E-state index is 0.0218. The first-order valence-electron chi connectivity index (χ1n) is 6.69. The highest BCUT2D eigenvalue weighted by atomic mass is 19.4. The van der Waals surface area contributed by atoms with Crippen molar-refractivity contribution >= 4 is 11.9 Å². The molecule has 0 saturated carbocycles. The van der Waals surface area contributed by atoms with E-state index in [-0.39, 0.29) is 30.4 Å². The number of rotatable bonds is 9. The van der Waals surface area contributed by atoms with Gasteiger partial charge in [0.15, 0.2) is 0 Å². The van der Waals surface area contributed by atoms with Crippen LogP contribution in [0, 0.1) is 0 Å². The highest BCUT2D eigenvalue weighted by molar-refractivity contribution is 5.84. The monoisotopic (exact) mass is 371 g/mol. The lowest BCUT2D eigenvalue weighted by molar-refractivity contribution is -0.889. The fourth-order valence-electron chi connectivity index (χ4n) is 1.65. The maximum atomic E-state index is 13.0. The van der Waals surface area contributed by atoms with Gasteiger partial charge < -0.3 is 14.9 Å². The Kier molecular flexibility index (Phi) is 7.03. The molecule has 0 aliphatic rings. The third kappa shape index (κ3) is 5.80. The van der Waals surface area contributed by atoms with Gasteiger partial charge in [-0.3, -0.25) is 9.59 Å². The van der Waals surface area contributed by atoms with Crippen molar-refractivity contribution in [3.63, 3.8) is 0 Å². The van der Waals surface area contributed by atoms with E-state index in [1.807, 2.05) is 0 Å². The molecule has 1 amide bonds. The Hall–Kier alpha value is -1.59. The van der Waals surface area contributed by atoms with Gasteiger partial charge in [-0.05, 0) is 0 Å². The number of carboxylic acid groups (broad SMARTS) is 1. The summed E-state index contributed by atoms with van der Waals surface area (Å²) in [7, 11) is 3.22. The van der Waals surface area contributed by atoms with Crippen LogP contribution in [0.15, 0.2) is 0 Å². The van der Waals surface area contributed by atoms with E-state index in [0.29, 0.717) is 0 Å². The fraction of sp³-hybridized carbons (Fsp3) is 0.833. The van der Waals surface area contributed by atoms with E-state index < -0.39 is 36.4 Å². The number of quaternary nitrogens is 1. The molecule has 0 spiro atoms. The molecular formula is C12H18F7N2O3+. The van der Waals surface area contributed by atoms with Gasteiger partial charge in [-0.25, -0.2) is 0 Å². The molecular weight excluding hydrogens is 353 g/mol. The number of hydrogen-bond donors (Lipinski definition) is 2. The molecule has 0 bridgehead atoms. The molecule has 142 valence electrons. The van der Waals surface area contributed by atoms with Crippen molar-refractivity contribution in [3.05, 3.63) is 0 Å². The van der Waals surface area contributed by atoms with Gasteiger partial charge in [-0.15, -0.1) is 0 Å². The Bertz CT molecular complexity index is 464. The summed E-state index contributed by atoms with van der Waals surface area (Å²) in [6.45, 7) is -0.183. The molecule has 0 radical (unpaired) electrons. The van der Waals surface area contributed by atoms with E-state index in [1.54, 1.807) is 14.1 Å². The van der Waals surface area contributed by atoms with Gasteiger partial charge in [0.05, 0.1) is 33.6 Å². The van der Waals surface area contributed by atoms with E-state index in [4.69, 9.17) is 5.11 Å². The van der Waals surface area contributed by atoms with E-state index in [2.05, 4.69) is 0 Å². The number of amides is 1. The molecule has 2 N–H and O–H groups in total. The van der Waals surface area contributed by atoms with Crippen LogP contribution in [-0.2, 0) is 9.59 Å². The molecule has 0 aromatic carbocycles. The topological polar surface area (TPSA) is 66.4 Å². The van der Waals surface area contributed by atoms with Crippen LogP contribution in [0.3, 0.4) is 0 Å². The molecule has 5 nitrogen and oxygen atoms in total. The Morgan fingerprint density at radius 2 is 1.50 bits per heavy atom. The largest absolute Gasteiger partial charge is 0.481 e. The lowest BCUT2D eigenvalue weighted by Crippen LogP contribution is -2.59. The second kappa shape index (κ2) is 7.53. The van der Waals surface area contributed by atoms with Crippen molar-refractivity contribution in [2.75, 3.05) is 33.7 Å². The van der Waals surface area contributed by atoms with Crippen LogP contribution in [0.2, 0.25) is 0 Å². The molecule has 0 aliphatic carbocycles. The number of alkyl halides is 7. The SMILES string of the molecule is C[N+](C)(CCCNC(=O)C(F)(F)C(F)(F)C(F)(F)F)CCC(=O)O. The van der Waals surface area contributed by atoms with Gasteiger partial charge in [0.1, 0.15) is 0 Å². The molecule has 0 fully saturated rings. The van der Waals surface area contributed by atoms with Crippen LogP contribution in [0.25, 0.3) is 0 Å². The second-order valence-electron chi connectivity index (χ2n) is 5.78. The van der Waals surface area contributed by atoms with Crippen molar-refractivity contribution in [2.24, 2.45) is 0 Å². The maximum absolute atomic E-state index is 13.0. The van der Waals surface area contributed by atoms with Crippen LogP contribution < -0.4 is 5.32 Å².